The summed E-state index contributed by atoms with van der Waals surface area (Å²) in [4.78, 5) is 12.8. The molecule has 0 amide bonds. The van der Waals surface area contributed by atoms with Crippen LogP contribution in [0.1, 0.15) is 20.8 Å². The maximum Gasteiger partial charge on any atom is 0.194 e. The van der Waals surface area contributed by atoms with E-state index in [2.05, 4.69) is 10.3 Å². The van der Waals surface area contributed by atoms with Crippen molar-refractivity contribution in [2.45, 2.75) is 20.4 Å². The maximum atomic E-state index is 12.1. The molecule has 0 N–H and O–H groups in total. The van der Waals surface area contributed by atoms with Crippen molar-refractivity contribution >= 4 is 28.2 Å². The SMILES string of the molecule is Cc1cc2nnn(CC(=O)c3cccs3)c2cc1C. The molecule has 19 heavy (non-hydrogen) atoms. The Labute approximate surface area is 114 Å². The van der Waals surface area contributed by atoms with Crippen molar-refractivity contribution < 1.29 is 4.79 Å². The zero-order valence-corrected chi connectivity index (χ0v) is 11.6. The zero-order chi connectivity index (χ0) is 13.4. The number of ketones is 1. The van der Waals surface area contributed by atoms with Gasteiger partial charge in [-0.05, 0) is 48.6 Å². The number of hydrogen-bond acceptors (Lipinski definition) is 4. The summed E-state index contributed by atoms with van der Waals surface area (Å²) in [5, 5.41) is 10.1. The van der Waals surface area contributed by atoms with E-state index < -0.39 is 0 Å². The minimum absolute atomic E-state index is 0.0695. The number of Topliss-reactive ketones (excluding diaryl/α,β-unsaturated/α-hetero) is 1. The average molecular weight is 271 g/mol. The molecule has 0 fully saturated rings. The fourth-order valence-corrected chi connectivity index (χ4v) is 2.65. The molecule has 3 aromatic rings. The zero-order valence-electron chi connectivity index (χ0n) is 10.8. The molecule has 0 aliphatic rings. The topological polar surface area (TPSA) is 47.8 Å². The molecule has 3 rings (SSSR count). The summed E-state index contributed by atoms with van der Waals surface area (Å²) in [5.74, 6) is 0.0695. The van der Waals surface area contributed by atoms with E-state index in [1.807, 2.05) is 43.5 Å². The lowest BCUT2D eigenvalue weighted by Gasteiger charge is -2.02. The molecule has 0 spiro atoms. The number of carbonyl (C=O) groups is 1. The molecule has 96 valence electrons. The second-order valence-corrected chi connectivity index (χ2v) is 5.52. The Balaban J connectivity index is 1.98. The van der Waals surface area contributed by atoms with Crippen molar-refractivity contribution in [2.75, 3.05) is 0 Å². The Hall–Kier alpha value is -2.01. The highest BCUT2D eigenvalue weighted by Gasteiger charge is 2.12. The molecule has 0 aliphatic heterocycles. The number of benzene rings is 1. The monoisotopic (exact) mass is 271 g/mol. The van der Waals surface area contributed by atoms with Crippen LogP contribution < -0.4 is 0 Å². The Morgan fingerprint density at radius 3 is 2.84 bits per heavy atom. The van der Waals surface area contributed by atoms with Crippen LogP contribution in [-0.4, -0.2) is 20.8 Å². The number of nitrogens with zero attached hydrogens (tertiary/aromatic N) is 3. The minimum Gasteiger partial charge on any atom is -0.291 e. The lowest BCUT2D eigenvalue weighted by Crippen LogP contribution is -2.10. The number of carbonyl (C=O) groups excluding carboxylic acids is 1. The maximum absolute atomic E-state index is 12.1. The van der Waals surface area contributed by atoms with Gasteiger partial charge >= 0.3 is 0 Å². The van der Waals surface area contributed by atoms with E-state index in [0.29, 0.717) is 0 Å². The molecule has 0 unspecified atom stereocenters. The number of hydrogen-bond donors (Lipinski definition) is 0. The van der Waals surface area contributed by atoms with Crippen LogP contribution in [0.3, 0.4) is 0 Å². The van der Waals surface area contributed by atoms with Crippen LogP contribution in [0.2, 0.25) is 0 Å². The predicted molar refractivity (Wildman–Crippen MR) is 75.7 cm³/mol. The van der Waals surface area contributed by atoms with Crippen LogP contribution >= 0.6 is 11.3 Å². The highest BCUT2D eigenvalue weighted by Crippen LogP contribution is 2.18. The number of aromatic nitrogens is 3. The normalized spacial score (nSPS) is 11.1. The predicted octanol–water partition coefficient (Wildman–Crippen LogP) is 2.99. The van der Waals surface area contributed by atoms with Gasteiger partial charge in [-0.3, -0.25) is 4.79 Å². The summed E-state index contributed by atoms with van der Waals surface area (Å²) in [5.41, 5.74) is 4.11. The summed E-state index contributed by atoms with van der Waals surface area (Å²) < 4.78 is 1.67. The molecular weight excluding hydrogens is 258 g/mol. The number of rotatable bonds is 3. The summed E-state index contributed by atoms with van der Waals surface area (Å²) in [7, 11) is 0. The smallest absolute Gasteiger partial charge is 0.194 e. The molecule has 2 aromatic heterocycles. The van der Waals surface area contributed by atoms with Crippen LogP contribution in [0, 0.1) is 13.8 Å². The first-order valence-electron chi connectivity index (χ1n) is 6.02. The van der Waals surface area contributed by atoms with Crippen LogP contribution in [0.4, 0.5) is 0 Å². The molecule has 4 nitrogen and oxygen atoms in total. The van der Waals surface area contributed by atoms with E-state index >= 15 is 0 Å². The lowest BCUT2D eigenvalue weighted by molar-refractivity contribution is 0.0972. The number of thiophene rings is 1. The molecule has 0 bridgehead atoms. The first kappa shape index (κ1) is 12.0. The summed E-state index contributed by atoms with van der Waals surface area (Å²) >= 11 is 1.45. The van der Waals surface area contributed by atoms with E-state index in [4.69, 9.17) is 0 Å². The van der Waals surface area contributed by atoms with Gasteiger partial charge < -0.3 is 0 Å². The molecule has 0 saturated heterocycles. The van der Waals surface area contributed by atoms with E-state index in [-0.39, 0.29) is 12.3 Å². The van der Waals surface area contributed by atoms with Crippen molar-refractivity contribution in [2.24, 2.45) is 0 Å². The van der Waals surface area contributed by atoms with Gasteiger partial charge in [0, 0.05) is 0 Å². The molecule has 0 saturated carbocycles. The minimum atomic E-state index is 0.0695. The first-order valence-corrected chi connectivity index (χ1v) is 6.90. The Kier molecular flexibility index (Phi) is 2.91. The fraction of sp³-hybridized carbons (Fsp3) is 0.214. The third kappa shape index (κ3) is 2.17. The third-order valence-electron chi connectivity index (χ3n) is 3.22. The van der Waals surface area contributed by atoms with Gasteiger partial charge in [0.2, 0.25) is 0 Å². The van der Waals surface area contributed by atoms with Gasteiger partial charge in [-0.2, -0.15) is 0 Å². The van der Waals surface area contributed by atoms with Crippen LogP contribution in [0.5, 0.6) is 0 Å². The van der Waals surface area contributed by atoms with Crippen molar-refractivity contribution in [1.29, 1.82) is 0 Å². The molecule has 5 heteroatoms. The Morgan fingerprint density at radius 2 is 2.11 bits per heavy atom. The Bertz CT molecular complexity index is 743. The van der Waals surface area contributed by atoms with Gasteiger partial charge in [0.1, 0.15) is 12.1 Å². The van der Waals surface area contributed by atoms with E-state index in [9.17, 15) is 4.79 Å². The van der Waals surface area contributed by atoms with E-state index in [1.165, 1.54) is 22.5 Å². The lowest BCUT2D eigenvalue weighted by atomic mass is 10.1. The summed E-state index contributed by atoms with van der Waals surface area (Å²) in [6, 6.07) is 7.75. The van der Waals surface area contributed by atoms with Gasteiger partial charge in [0.25, 0.3) is 0 Å². The van der Waals surface area contributed by atoms with Crippen molar-refractivity contribution in [3.05, 3.63) is 45.6 Å². The van der Waals surface area contributed by atoms with Crippen LogP contribution in [0.15, 0.2) is 29.6 Å². The summed E-state index contributed by atoms with van der Waals surface area (Å²) in [6.45, 7) is 4.33. The summed E-state index contributed by atoms with van der Waals surface area (Å²) in [6.07, 6.45) is 0. The second kappa shape index (κ2) is 4.59. The largest absolute Gasteiger partial charge is 0.291 e. The number of fused-ring (bicyclic) bond motifs is 1. The quantitative estimate of drug-likeness (QED) is 0.688. The molecular formula is C14H13N3OS. The highest BCUT2D eigenvalue weighted by molar-refractivity contribution is 7.12. The van der Waals surface area contributed by atoms with Gasteiger partial charge in [-0.1, -0.05) is 11.3 Å². The van der Waals surface area contributed by atoms with E-state index in [0.717, 1.165) is 15.9 Å². The highest BCUT2D eigenvalue weighted by atomic mass is 32.1. The molecule has 0 radical (unpaired) electrons. The fourth-order valence-electron chi connectivity index (χ4n) is 1.99. The van der Waals surface area contributed by atoms with Gasteiger partial charge in [0.15, 0.2) is 5.78 Å². The van der Waals surface area contributed by atoms with Crippen LogP contribution in [0.25, 0.3) is 11.0 Å². The third-order valence-corrected chi connectivity index (χ3v) is 4.13. The van der Waals surface area contributed by atoms with Gasteiger partial charge in [0.05, 0.1) is 10.4 Å². The average Bonchev–Trinajstić information content (AvgIpc) is 3.01. The Morgan fingerprint density at radius 1 is 1.32 bits per heavy atom. The van der Waals surface area contributed by atoms with Crippen molar-refractivity contribution in [1.82, 2.24) is 15.0 Å². The van der Waals surface area contributed by atoms with Crippen molar-refractivity contribution in [3.63, 3.8) is 0 Å². The molecule has 0 aliphatic carbocycles. The molecule has 0 atom stereocenters. The van der Waals surface area contributed by atoms with Crippen molar-refractivity contribution in [3.8, 4) is 0 Å². The van der Waals surface area contributed by atoms with Gasteiger partial charge in [-0.25, -0.2) is 4.68 Å². The van der Waals surface area contributed by atoms with Crippen LogP contribution in [-0.2, 0) is 6.54 Å². The number of aryl methyl sites for hydroxylation is 2. The molecule has 2 heterocycles. The van der Waals surface area contributed by atoms with E-state index in [1.54, 1.807) is 4.68 Å². The first-order chi connectivity index (χ1) is 9.15. The standard InChI is InChI=1S/C14H13N3OS/c1-9-6-11-12(7-10(9)2)17(16-15-11)8-13(18)14-4-3-5-19-14/h3-7H,8H2,1-2H3. The molecule has 1 aromatic carbocycles. The van der Waals surface area contributed by atoms with Gasteiger partial charge in [-0.15, -0.1) is 16.4 Å². The second-order valence-electron chi connectivity index (χ2n) is 4.57.